The Morgan fingerprint density at radius 2 is 1.86 bits per heavy atom. The summed E-state index contributed by atoms with van der Waals surface area (Å²) in [7, 11) is 2.92. The molecule has 7 nitrogen and oxygen atoms in total. The largest absolute Gasteiger partial charge is 0.493 e. The van der Waals surface area contributed by atoms with E-state index in [0.29, 0.717) is 29.9 Å². The summed E-state index contributed by atoms with van der Waals surface area (Å²) in [6, 6.07) is 3.00. The van der Waals surface area contributed by atoms with Crippen LogP contribution in [0.15, 0.2) is 17.3 Å². The van der Waals surface area contributed by atoms with Crippen LogP contribution in [0.5, 0.6) is 11.5 Å². The molecule has 1 aliphatic heterocycles. The average molecular weight is 306 g/mol. The molecule has 2 amide bonds. The van der Waals surface area contributed by atoms with Gasteiger partial charge in [-0.1, -0.05) is 6.92 Å². The lowest BCUT2D eigenvalue weighted by atomic mass is 9.98. The molecular weight excluding hydrogens is 288 g/mol. The van der Waals surface area contributed by atoms with Gasteiger partial charge in [0.2, 0.25) is 11.8 Å². The molecule has 1 heterocycles. The molecule has 1 aromatic rings. The standard InChI is InChI=1S/C15H18N2O5/c1-9-4-5-14(18)17(15(9)19)8-10-6-12(21-2)13(22-3)7-11(10)16-20/h6-7,9H,4-5,8H2,1-3H3. The van der Waals surface area contributed by atoms with Crippen molar-refractivity contribution in [2.75, 3.05) is 14.2 Å². The number of piperidine rings is 1. The molecular formula is C15H18N2O5. The predicted molar refractivity (Wildman–Crippen MR) is 79.0 cm³/mol. The highest BCUT2D eigenvalue weighted by atomic mass is 16.5. The second kappa shape index (κ2) is 6.55. The Kier molecular flexibility index (Phi) is 4.75. The Bertz CT molecular complexity index is 614. The molecule has 1 aliphatic rings. The van der Waals surface area contributed by atoms with Crippen LogP contribution >= 0.6 is 0 Å². The van der Waals surface area contributed by atoms with Crippen LogP contribution in [0.4, 0.5) is 5.69 Å². The normalized spacial score (nSPS) is 18.3. The predicted octanol–water partition coefficient (Wildman–Crippen LogP) is 2.39. The van der Waals surface area contributed by atoms with E-state index >= 15 is 0 Å². The van der Waals surface area contributed by atoms with Crippen LogP contribution in [-0.4, -0.2) is 30.9 Å². The SMILES string of the molecule is COc1cc(CN2C(=O)CCC(C)C2=O)c(N=O)cc1OC. The molecule has 0 spiro atoms. The summed E-state index contributed by atoms with van der Waals surface area (Å²) in [5.74, 6) is 0.100. The first kappa shape index (κ1) is 15.9. The lowest BCUT2D eigenvalue weighted by Gasteiger charge is -2.29. The van der Waals surface area contributed by atoms with Gasteiger partial charge in [0, 0.05) is 24.0 Å². The Balaban J connectivity index is 2.37. The number of benzene rings is 1. The monoisotopic (exact) mass is 306 g/mol. The molecule has 2 rings (SSSR count). The molecule has 1 atom stereocenters. The maximum Gasteiger partial charge on any atom is 0.232 e. The minimum absolute atomic E-state index is 0.00341. The molecule has 0 bridgehead atoms. The number of nitrogens with zero attached hydrogens (tertiary/aromatic N) is 2. The van der Waals surface area contributed by atoms with Gasteiger partial charge in [-0.2, -0.15) is 0 Å². The summed E-state index contributed by atoms with van der Waals surface area (Å²) in [5, 5.41) is 2.95. The number of imide groups is 1. The zero-order chi connectivity index (χ0) is 16.3. The summed E-state index contributed by atoms with van der Waals surface area (Å²) in [6.07, 6.45) is 0.878. The Hall–Kier alpha value is -2.44. The molecule has 1 unspecified atom stereocenters. The van der Waals surface area contributed by atoms with Crippen molar-refractivity contribution in [2.24, 2.45) is 11.1 Å². The molecule has 1 saturated heterocycles. The average Bonchev–Trinajstić information content (AvgIpc) is 2.54. The van der Waals surface area contributed by atoms with E-state index in [4.69, 9.17) is 9.47 Å². The Morgan fingerprint density at radius 3 is 2.45 bits per heavy atom. The van der Waals surface area contributed by atoms with Crippen LogP contribution in [0, 0.1) is 10.8 Å². The van der Waals surface area contributed by atoms with Crippen LogP contribution in [0.3, 0.4) is 0 Å². The summed E-state index contributed by atoms with van der Waals surface area (Å²) < 4.78 is 10.3. The molecule has 22 heavy (non-hydrogen) atoms. The van der Waals surface area contributed by atoms with Gasteiger partial charge in [-0.25, -0.2) is 0 Å². The molecule has 7 heteroatoms. The first-order chi connectivity index (χ1) is 10.5. The van der Waals surface area contributed by atoms with E-state index in [0.717, 1.165) is 0 Å². The molecule has 1 fully saturated rings. The van der Waals surface area contributed by atoms with E-state index < -0.39 is 0 Å². The fourth-order valence-electron chi connectivity index (χ4n) is 2.45. The van der Waals surface area contributed by atoms with Gasteiger partial charge in [-0.3, -0.25) is 14.5 Å². The van der Waals surface area contributed by atoms with E-state index in [-0.39, 0.29) is 30.0 Å². The van der Waals surface area contributed by atoms with Crippen molar-refractivity contribution in [2.45, 2.75) is 26.3 Å². The fourth-order valence-corrected chi connectivity index (χ4v) is 2.45. The molecule has 0 aliphatic carbocycles. The van der Waals surface area contributed by atoms with Crippen LogP contribution in [0.25, 0.3) is 0 Å². The number of likely N-dealkylation sites (tertiary alicyclic amines) is 1. The highest BCUT2D eigenvalue weighted by Gasteiger charge is 2.32. The van der Waals surface area contributed by atoms with Crippen molar-refractivity contribution in [3.63, 3.8) is 0 Å². The third-order valence-corrected chi connectivity index (χ3v) is 3.79. The smallest absolute Gasteiger partial charge is 0.232 e. The van der Waals surface area contributed by atoms with Crippen molar-refractivity contribution in [1.29, 1.82) is 0 Å². The number of amides is 2. The third kappa shape index (κ3) is 2.93. The molecule has 0 radical (unpaired) electrons. The summed E-state index contributed by atoms with van der Waals surface area (Å²) in [5.41, 5.74) is 0.569. The highest BCUT2D eigenvalue weighted by molar-refractivity contribution is 5.98. The molecule has 0 aromatic heterocycles. The lowest BCUT2D eigenvalue weighted by molar-refractivity contribution is -0.152. The topological polar surface area (TPSA) is 85.3 Å². The van der Waals surface area contributed by atoms with Crippen molar-refractivity contribution in [1.82, 2.24) is 4.90 Å². The minimum Gasteiger partial charge on any atom is -0.493 e. The van der Waals surface area contributed by atoms with Crippen LogP contribution < -0.4 is 9.47 Å². The number of hydrogen-bond donors (Lipinski definition) is 0. The maximum atomic E-state index is 12.2. The number of ether oxygens (including phenoxy) is 2. The van der Waals surface area contributed by atoms with Crippen molar-refractivity contribution in [3.8, 4) is 11.5 Å². The van der Waals surface area contributed by atoms with Crippen molar-refractivity contribution >= 4 is 17.5 Å². The zero-order valence-electron chi connectivity index (χ0n) is 12.8. The molecule has 1 aromatic carbocycles. The zero-order valence-corrected chi connectivity index (χ0v) is 12.8. The third-order valence-electron chi connectivity index (χ3n) is 3.79. The van der Waals surface area contributed by atoms with E-state index in [1.54, 1.807) is 13.0 Å². The second-order valence-electron chi connectivity index (χ2n) is 5.19. The number of carbonyl (C=O) groups excluding carboxylic acids is 2. The molecule has 0 saturated carbocycles. The van der Waals surface area contributed by atoms with Gasteiger partial charge < -0.3 is 9.47 Å². The van der Waals surface area contributed by atoms with Gasteiger partial charge in [0.15, 0.2) is 11.5 Å². The first-order valence-electron chi connectivity index (χ1n) is 6.94. The summed E-state index contributed by atoms with van der Waals surface area (Å²) >= 11 is 0. The minimum atomic E-state index is -0.241. The number of rotatable bonds is 5. The van der Waals surface area contributed by atoms with Crippen LogP contribution in [0.1, 0.15) is 25.3 Å². The van der Waals surface area contributed by atoms with Crippen LogP contribution in [-0.2, 0) is 16.1 Å². The van der Waals surface area contributed by atoms with Gasteiger partial charge in [0.1, 0.15) is 5.69 Å². The number of carbonyl (C=O) groups is 2. The Labute approximate surface area is 128 Å². The molecule has 118 valence electrons. The fraction of sp³-hybridized carbons (Fsp3) is 0.467. The maximum absolute atomic E-state index is 12.2. The van der Waals surface area contributed by atoms with Gasteiger partial charge >= 0.3 is 0 Å². The Morgan fingerprint density at radius 1 is 1.23 bits per heavy atom. The summed E-state index contributed by atoms with van der Waals surface area (Å²) in [4.78, 5) is 36.3. The van der Waals surface area contributed by atoms with E-state index in [2.05, 4.69) is 5.18 Å². The van der Waals surface area contributed by atoms with E-state index in [1.807, 2.05) is 0 Å². The number of nitroso groups, excluding NO2 is 1. The second-order valence-corrected chi connectivity index (χ2v) is 5.19. The van der Waals surface area contributed by atoms with E-state index in [1.165, 1.54) is 25.2 Å². The lowest BCUT2D eigenvalue weighted by Crippen LogP contribution is -2.43. The van der Waals surface area contributed by atoms with Crippen LogP contribution in [0.2, 0.25) is 0 Å². The van der Waals surface area contributed by atoms with Gasteiger partial charge in [-0.15, -0.1) is 4.91 Å². The highest BCUT2D eigenvalue weighted by Crippen LogP contribution is 2.36. The van der Waals surface area contributed by atoms with Gasteiger partial charge in [0.25, 0.3) is 0 Å². The van der Waals surface area contributed by atoms with Gasteiger partial charge in [0.05, 0.1) is 20.8 Å². The number of methoxy groups -OCH3 is 2. The van der Waals surface area contributed by atoms with Crippen molar-refractivity contribution in [3.05, 3.63) is 22.6 Å². The molecule has 0 N–H and O–H groups in total. The quantitative estimate of drug-likeness (QED) is 0.616. The van der Waals surface area contributed by atoms with Gasteiger partial charge in [-0.05, 0) is 17.7 Å². The number of hydrogen-bond acceptors (Lipinski definition) is 6. The summed E-state index contributed by atoms with van der Waals surface area (Å²) in [6.45, 7) is 1.79. The first-order valence-corrected chi connectivity index (χ1v) is 6.94. The van der Waals surface area contributed by atoms with Crippen molar-refractivity contribution < 1.29 is 19.1 Å². The van der Waals surface area contributed by atoms with E-state index in [9.17, 15) is 14.5 Å².